The van der Waals surface area contributed by atoms with Crippen molar-refractivity contribution in [3.05, 3.63) is 70.4 Å². The number of aromatic nitrogens is 2. The summed E-state index contributed by atoms with van der Waals surface area (Å²) in [5, 5.41) is 24.2. The van der Waals surface area contributed by atoms with E-state index in [0.717, 1.165) is 11.0 Å². The van der Waals surface area contributed by atoms with Gasteiger partial charge in [-0.05, 0) is 18.2 Å². The molecule has 0 saturated carbocycles. The number of amides is 1. The molecule has 0 aliphatic rings. The molecule has 8 nitrogen and oxygen atoms in total. The molecule has 3 rings (SSSR count). The maximum Gasteiger partial charge on any atom is 0.275 e. The fourth-order valence-corrected chi connectivity index (χ4v) is 2.92. The number of para-hydroxylation sites is 1. The molecule has 0 aliphatic heterocycles. The maximum atomic E-state index is 14.2. The molecule has 0 unspecified atom stereocenters. The van der Waals surface area contributed by atoms with Crippen LogP contribution in [0.5, 0.6) is 0 Å². The standard InChI is InChI=1S/C20H15FN4O4/c21-15-8-3-4-9-16(15)24(11-5-10-22)17(26)12-25-19(27)14-7-2-1-6-13(14)18(23-25)20(28)29/h1-4,6-9H,5,11-12H2,(H,28,29)/p-1. The monoisotopic (exact) mass is 393 g/mol. The van der Waals surface area contributed by atoms with Gasteiger partial charge in [0.1, 0.15) is 18.1 Å². The highest BCUT2D eigenvalue weighted by molar-refractivity contribution is 6.00. The van der Waals surface area contributed by atoms with Crippen LogP contribution in [-0.4, -0.2) is 28.2 Å². The normalized spacial score (nSPS) is 10.5. The van der Waals surface area contributed by atoms with Gasteiger partial charge in [0, 0.05) is 11.9 Å². The molecule has 0 saturated heterocycles. The van der Waals surface area contributed by atoms with Crippen molar-refractivity contribution in [2.75, 3.05) is 11.4 Å². The van der Waals surface area contributed by atoms with Crippen molar-refractivity contribution in [1.82, 2.24) is 9.78 Å². The molecular weight excluding hydrogens is 379 g/mol. The number of fused-ring (bicyclic) bond motifs is 1. The van der Waals surface area contributed by atoms with E-state index in [-0.39, 0.29) is 29.4 Å². The molecule has 1 heterocycles. The van der Waals surface area contributed by atoms with Crippen LogP contribution in [0.2, 0.25) is 0 Å². The molecule has 146 valence electrons. The highest BCUT2D eigenvalue weighted by Gasteiger charge is 2.21. The Kier molecular flexibility index (Phi) is 5.64. The van der Waals surface area contributed by atoms with E-state index < -0.39 is 35.5 Å². The van der Waals surface area contributed by atoms with E-state index in [4.69, 9.17) is 5.26 Å². The predicted octanol–water partition coefficient (Wildman–Crippen LogP) is 0.846. The summed E-state index contributed by atoms with van der Waals surface area (Å²) in [6.07, 6.45) is -0.0651. The molecule has 3 aromatic rings. The van der Waals surface area contributed by atoms with E-state index in [1.165, 1.54) is 30.3 Å². The van der Waals surface area contributed by atoms with Crippen LogP contribution in [-0.2, 0) is 11.3 Å². The number of carbonyl (C=O) groups is 2. The zero-order valence-electron chi connectivity index (χ0n) is 15.0. The molecule has 0 radical (unpaired) electrons. The summed E-state index contributed by atoms with van der Waals surface area (Å²) in [5.41, 5.74) is -1.21. The zero-order chi connectivity index (χ0) is 21.0. The number of carboxylic acids is 1. The second-order valence-corrected chi connectivity index (χ2v) is 6.05. The highest BCUT2D eigenvalue weighted by Crippen LogP contribution is 2.20. The Morgan fingerprint density at radius 2 is 1.79 bits per heavy atom. The van der Waals surface area contributed by atoms with Crippen LogP contribution in [0.15, 0.2) is 53.3 Å². The van der Waals surface area contributed by atoms with Gasteiger partial charge in [-0.2, -0.15) is 10.4 Å². The van der Waals surface area contributed by atoms with Gasteiger partial charge in [-0.25, -0.2) is 9.07 Å². The molecule has 1 aromatic heterocycles. The van der Waals surface area contributed by atoms with Crippen LogP contribution in [0.4, 0.5) is 10.1 Å². The lowest BCUT2D eigenvalue weighted by atomic mass is 10.1. The Labute approximate surface area is 164 Å². The van der Waals surface area contributed by atoms with Crippen molar-refractivity contribution < 1.29 is 19.1 Å². The van der Waals surface area contributed by atoms with Crippen molar-refractivity contribution >= 4 is 28.3 Å². The number of hydrogen-bond acceptors (Lipinski definition) is 6. The quantitative estimate of drug-likeness (QED) is 0.612. The van der Waals surface area contributed by atoms with E-state index in [1.54, 1.807) is 12.1 Å². The topological polar surface area (TPSA) is 119 Å². The fraction of sp³-hybridized carbons (Fsp3) is 0.150. The molecule has 0 spiro atoms. The molecule has 1 amide bonds. The third-order valence-corrected chi connectivity index (χ3v) is 4.24. The van der Waals surface area contributed by atoms with Gasteiger partial charge in [0.15, 0.2) is 0 Å². The number of benzene rings is 2. The summed E-state index contributed by atoms with van der Waals surface area (Å²) >= 11 is 0. The maximum absolute atomic E-state index is 14.2. The molecule has 0 aliphatic carbocycles. The van der Waals surface area contributed by atoms with Gasteiger partial charge in [0.25, 0.3) is 5.56 Å². The summed E-state index contributed by atoms with van der Waals surface area (Å²) < 4.78 is 14.9. The SMILES string of the molecule is N#CCCN(C(=O)Cn1nc(C(=O)[O-])c2ccccc2c1=O)c1ccccc1F. The second-order valence-electron chi connectivity index (χ2n) is 6.05. The fourth-order valence-electron chi connectivity index (χ4n) is 2.92. The summed E-state index contributed by atoms with van der Waals surface area (Å²) in [6, 6.07) is 13.3. The molecule has 0 fully saturated rings. The predicted molar refractivity (Wildman–Crippen MR) is 99.3 cm³/mol. The molecule has 2 aromatic carbocycles. The average Bonchev–Trinajstić information content (AvgIpc) is 2.71. The van der Waals surface area contributed by atoms with Crippen molar-refractivity contribution in [2.24, 2.45) is 0 Å². The van der Waals surface area contributed by atoms with Crippen LogP contribution in [0, 0.1) is 17.1 Å². The zero-order valence-corrected chi connectivity index (χ0v) is 15.0. The molecule has 0 atom stereocenters. The van der Waals surface area contributed by atoms with E-state index in [2.05, 4.69) is 5.10 Å². The van der Waals surface area contributed by atoms with E-state index >= 15 is 0 Å². The number of carboxylic acid groups (broad SMARTS) is 1. The van der Waals surface area contributed by atoms with Gasteiger partial charge in [0.05, 0.1) is 29.5 Å². The van der Waals surface area contributed by atoms with Crippen molar-refractivity contribution in [1.29, 1.82) is 5.26 Å². The minimum atomic E-state index is -1.60. The highest BCUT2D eigenvalue weighted by atomic mass is 19.1. The van der Waals surface area contributed by atoms with Crippen LogP contribution < -0.4 is 15.6 Å². The van der Waals surface area contributed by atoms with Crippen LogP contribution in [0.25, 0.3) is 10.8 Å². The van der Waals surface area contributed by atoms with Crippen LogP contribution in [0.1, 0.15) is 16.9 Å². The molecule has 9 heteroatoms. The van der Waals surface area contributed by atoms with Gasteiger partial charge in [-0.3, -0.25) is 9.59 Å². The number of rotatable bonds is 6. The third kappa shape index (κ3) is 3.96. The summed E-state index contributed by atoms with van der Waals surface area (Å²) in [4.78, 5) is 38.0. The lowest BCUT2D eigenvalue weighted by Crippen LogP contribution is -2.39. The van der Waals surface area contributed by atoms with E-state index in [0.29, 0.717) is 4.68 Å². The van der Waals surface area contributed by atoms with Crippen LogP contribution in [0.3, 0.4) is 0 Å². The first-order valence-corrected chi connectivity index (χ1v) is 8.57. The number of carbonyl (C=O) groups excluding carboxylic acids is 2. The molecule has 29 heavy (non-hydrogen) atoms. The Hall–Kier alpha value is -4.06. The van der Waals surface area contributed by atoms with E-state index in [1.807, 2.05) is 6.07 Å². The number of nitriles is 1. The Bertz CT molecular complexity index is 1200. The minimum absolute atomic E-state index is 0.0540. The summed E-state index contributed by atoms with van der Waals surface area (Å²) in [7, 11) is 0. The molecule has 0 bridgehead atoms. The first-order valence-electron chi connectivity index (χ1n) is 8.57. The van der Waals surface area contributed by atoms with Gasteiger partial charge >= 0.3 is 0 Å². The van der Waals surface area contributed by atoms with Gasteiger partial charge in [-0.1, -0.05) is 30.3 Å². The second kappa shape index (κ2) is 8.31. The Morgan fingerprint density at radius 3 is 2.45 bits per heavy atom. The molecule has 0 N–H and O–H groups in total. The van der Waals surface area contributed by atoms with Gasteiger partial charge < -0.3 is 14.8 Å². The lowest BCUT2D eigenvalue weighted by molar-refractivity contribution is -0.255. The van der Waals surface area contributed by atoms with Gasteiger partial charge in [0.2, 0.25) is 5.91 Å². The van der Waals surface area contributed by atoms with E-state index in [9.17, 15) is 23.9 Å². The number of aromatic carboxylic acids is 1. The summed E-state index contributed by atoms with van der Waals surface area (Å²) in [6.45, 7) is -0.740. The van der Waals surface area contributed by atoms with Crippen molar-refractivity contribution in [3.8, 4) is 6.07 Å². The number of halogens is 1. The lowest BCUT2D eigenvalue weighted by Gasteiger charge is -2.22. The Balaban J connectivity index is 2.04. The summed E-state index contributed by atoms with van der Waals surface area (Å²) in [5.74, 6) is -2.99. The first-order chi connectivity index (χ1) is 13.9. The average molecular weight is 393 g/mol. The first kappa shape index (κ1) is 19.7. The number of hydrogen-bond donors (Lipinski definition) is 0. The third-order valence-electron chi connectivity index (χ3n) is 4.24. The molecular formula is C20H14FN4O4-. The largest absolute Gasteiger partial charge is 0.543 e. The van der Waals surface area contributed by atoms with Gasteiger partial charge in [-0.15, -0.1) is 0 Å². The Morgan fingerprint density at radius 1 is 1.14 bits per heavy atom. The minimum Gasteiger partial charge on any atom is -0.543 e. The smallest absolute Gasteiger partial charge is 0.275 e. The number of nitrogens with zero attached hydrogens (tertiary/aromatic N) is 4. The van der Waals surface area contributed by atoms with Crippen LogP contribution >= 0.6 is 0 Å². The van der Waals surface area contributed by atoms with Crippen molar-refractivity contribution in [2.45, 2.75) is 13.0 Å². The number of anilines is 1. The van der Waals surface area contributed by atoms with Crippen molar-refractivity contribution in [3.63, 3.8) is 0 Å².